The zero-order valence-electron chi connectivity index (χ0n) is 12.9. The van der Waals surface area contributed by atoms with Gasteiger partial charge in [0.1, 0.15) is 23.1 Å². The summed E-state index contributed by atoms with van der Waals surface area (Å²) in [5.74, 6) is 2.28. The predicted octanol–water partition coefficient (Wildman–Crippen LogP) is 3.44. The van der Waals surface area contributed by atoms with E-state index in [0.717, 1.165) is 27.0 Å². The molecular formula is C17H14N4O2S. The van der Waals surface area contributed by atoms with Gasteiger partial charge in [0.2, 0.25) is 4.96 Å². The van der Waals surface area contributed by atoms with Crippen molar-refractivity contribution in [3.8, 4) is 22.1 Å². The van der Waals surface area contributed by atoms with Crippen molar-refractivity contribution in [3.63, 3.8) is 0 Å². The number of nitrogens with zero attached hydrogens (tertiary/aromatic N) is 4. The van der Waals surface area contributed by atoms with E-state index in [1.807, 2.05) is 54.6 Å². The van der Waals surface area contributed by atoms with Crippen LogP contribution in [0, 0.1) is 0 Å². The quantitative estimate of drug-likeness (QED) is 0.558. The molecule has 120 valence electrons. The first-order chi connectivity index (χ1) is 11.8. The van der Waals surface area contributed by atoms with E-state index in [1.165, 1.54) is 11.3 Å². The first-order valence-electron chi connectivity index (χ1n) is 7.37. The summed E-state index contributed by atoms with van der Waals surface area (Å²) < 4.78 is 12.6. The average Bonchev–Trinajstić information content (AvgIpc) is 3.22. The van der Waals surface area contributed by atoms with Crippen LogP contribution in [-0.4, -0.2) is 26.9 Å². The second kappa shape index (κ2) is 6.29. The monoisotopic (exact) mass is 338 g/mol. The van der Waals surface area contributed by atoms with Gasteiger partial charge in [-0.1, -0.05) is 29.5 Å². The fraction of sp³-hybridized carbons (Fsp3) is 0.118. The molecule has 0 radical (unpaired) electrons. The van der Waals surface area contributed by atoms with Crippen molar-refractivity contribution in [2.45, 2.75) is 6.61 Å². The molecule has 2 aromatic heterocycles. The van der Waals surface area contributed by atoms with Crippen LogP contribution in [0.15, 0.2) is 54.6 Å². The van der Waals surface area contributed by atoms with Crippen LogP contribution in [-0.2, 0) is 6.61 Å². The maximum atomic E-state index is 5.73. The van der Waals surface area contributed by atoms with E-state index in [1.54, 1.807) is 11.6 Å². The van der Waals surface area contributed by atoms with E-state index >= 15 is 0 Å². The Morgan fingerprint density at radius 1 is 0.958 bits per heavy atom. The predicted molar refractivity (Wildman–Crippen MR) is 91.4 cm³/mol. The smallest absolute Gasteiger partial charge is 0.235 e. The highest BCUT2D eigenvalue weighted by atomic mass is 32.1. The van der Waals surface area contributed by atoms with Crippen LogP contribution < -0.4 is 9.47 Å². The highest BCUT2D eigenvalue weighted by molar-refractivity contribution is 7.19. The Kier molecular flexibility index (Phi) is 3.84. The second-order valence-corrected chi connectivity index (χ2v) is 6.00. The molecule has 4 aromatic rings. The Morgan fingerprint density at radius 2 is 1.75 bits per heavy atom. The number of fused-ring (bicyclic) bond motifs is 1. The Morgan fingerprint density at radius 3 is 2.50 bits per heavy atom. The number of aromatic nitrogens is 4. The molecule has 24 heavy (non-hydrogen) atoms. The molecule has 7 heteroatoms. The van der Waals surface area contributed by atoms with Crippen LogP contribution in [0.1, 0.15) is 5.82 Å². The summed E-state index contributed by atoms with van der Waals surface area (Å²) in [6, 6.07) is 17.4. The van der Waals surface area contributed by atoms with E-state index < -0.39 is 0 Å². The zero-order chi connectivity index (χ0) is 16.4. The standard InChI is InChI=1S/C17H14N4O2S/c1-22-13-9-7-12(8-10-13)16-20-21-15(18-19-17(21)24-16)11-23-14-5-3-2-4-6-14/h2-10H,11H2,1H3. The fourth-order valence-corrected chi connectivity index (χ4v) is 3.13. The molecule has 6 nitrogen and oxygen atoms in total. The number of rotatable bonds is 5. The number of methoxy groups -OCH3 is 1. The molecule has 0 saturated carbocycles. The summed E-state index contributed by atoms with van der Waals surface area (Å²) in [5.41, 5.74) is 1.02. The average molecular weight is 338 g/mol. The maximum absolute atomic E-state index is 5.73. The summed E-state index contributed by atoms with van der Waals surface area (Å²) in [4.78, 5) is 0.743. The molecule has 0 spiro atoms. The number of hydrogen-bond acceptors (Lipinski definition) is 6. The van der Waals surface area contributed by atoms with Crippen LogP contribution in [0.4, 0.5) is 0 Å². The van der Waals surface area contributed by atoms with Gasteiger partial charge in [-0.2, -0.15) is 9.61 Å². The van der Waals surface area contributed by atoms with Gasteiger partial charge in [0.05, 0.1) is 7.11 Å². The summed E-state index contributed by atoms with van der Waals surface area (Å²) in [7, 11) is 1.65. The summed E-state index contributed by atoms with van der Waals surface area (Å²) in [6.45, 7) is 0.316. The Balaban J connectivity index is 1.58. The SMILES string of the molecule is COc1ccc(-c2nn3c(COc4ccccc4)nnc3s2)cc1. The second-order valence-electron chi connectivity index (χ2n) is 5.05. The lowest BCUT2D eigenvalue weighted by molar-refractivity contribution is 0.293. The molecule has 0 aliphatic rings. The number of para-hydroxylation sites is 1. The van der Waals surface area contributed by atoms with Crippen LogP contribution in [0.3, 0.4) is 0 Å². The third-order valence-electron chi connectivity index (χ3n) is 3.50. The number of ether oxygens (including phenoxy) is 2. The Hall–Kier alpha value is -2.93. The summed E-state index contributed by atoms with van der Waals surface area (Å²) >= 11 is 1.49. The molecule has 0 amide bonds. The van der Waals surface area contributed by atoms with Crippen molar-refractivity contribution < 1.29 is 9.47 Å². The molecule has 2 heterocycles. The van der Waals surface area contributed by atoms with Crippen LogP contribution in [0.2, 0.25) is 0 Å². The van der Waals surface area contributed by atoms with Gasteiger partial charge in [-0.15, -0.1) is 10.2 Å². The van der Waals surface area contributed by atoms with Gasteiger partial charge in [-0.3, -0.25) is 0 Å². The topological polar surface area (TPSA) is 61.5 Å². The third kappa shape index (κ3) is 2.81. The van der Waals surface area contributed by atoms with E-state index in [0.29, 0.717) is 12.4 Å². The van der Waals surface area contributed by atoms with Crippen molar-refractivity contribution in [3.05, 3.63) is 60.4 Å². The molecule has 0 aliphatic heterocycles. The molecular weight excluding hydrogens is 324 g/mol. The van der Waals surface area contributed by atoms with E-state index in [9.17, 15) is 0 Å². The minimum Gasteiger partial charge on any atom is -0.497 e. The first kappa shape index (κ1) is 14.6. The highest BCUT2D eigenvalue weighted by Gasteiger charge is 2.13. The van der Waals surface area contributed by atoms with E-state index in [4.69, 9.17) is 9.47 Å². The van der Waals surface area contributed by atoms with Gasteiger partial charge in [0.15, 0.2) is 5.82 Å². The van der Waals surface area contributed by atoms with Crippen molar-refractivity contribution >= 4 is 16.3 Å². The van der Waals surface area contributed by atoms with Gasteiger partial charge in [0.25, 0.3) is 0 Å². The normalized spacial score (nSPS) is 10.9. The van der Waals surface area contributed by atoms with E-state index in [-0.39, 0.29) is 0 Å². The fourth-order valence-electron chi connectivity index (χ4n) is 2.26. The van der Waals surface area contributed by atoms with Crippen molar-refractivity contribution in [1.82, 2.24) is 19.8 Å². The van der Waals surface area contributed by atoms with E-state index in [2.05, 4.69) is 15.3 Å². The van der Waals surface area contributed by atoms with Gasteiger partial charge in [-0.25, -0.2) is 0 Å². The molecule has 0 aliphatic carbocycles. The molecule has 0 fully saturated rings. The Labute approximate surface area is 142 Å². The van der Waals surface area contributed by atoms with Gasteiger partial charge in [-0.05, 0) is 36.4 Å². The molecule has 0 atom stereocenters. The van der Waals surface area contributed by atoms with Crippen LogP contribution >= 0.6 is 11.3 Å². The van der Waals surface area contributed by atoms with Crippen LogP contribution in [0.25, 0.3) is 15.5 Å². The van der Waals surface area contributed by atoms with Crippen LogP contribution in [0.5, 0.6) is 11.5 Å². The van der Waals surface area contributed by atoms with Gasteiger partial charge >= 0.3 is 0 Å². The molecule has 2 aromatic carbocycles. The Bertz CT molecular complexity index is 948. The molecule has 0 saturated heterocycles. The zero-order valence-corrected chi connectivity index (χ0v) is 13.7. The lowest BCUT2D eigenvalue weighted by Gasteiger charge is -2.03. The molecule has 0 unspecified atom stereocenters. The largest absolute Gasteiger partial charge is 0.497 e. The lowest BCUT2D eigenvalue weighted by Crippen LogP contribution is -2.02. The minimum absolute atomic E-state index is 0.316. The minimum atomic E-state index is 0.316. The van der Waals surface area contributed by atoms with Crippen molar-refractivity contribution in [2.75, 3.05) is 7.11 Å². The lowest BCUT2D eigenvalue weighted by atomic mass is 10.2. The van der Waals surface area contributed by atoms with Crippen molar-refractivity contribution in [2.24, 2.45) is 0 Å². The highest BCUT2D eigenvalue weighted by Crippen LogP contribution is 2.27. The molecule has 4 rings (SSSR count). The van der Waals surface area contributed by atoms with Crippen molar-refractivity contribution in [1.29, 1.82) is 0 Å². The van der Waals surface area contributed by atoms with Gasteiger partial charge in [0, 0.05) is 5.56 Å². The summed E-state index contributed by atoms with van der Waals surface area (Å²) in [6.07, 6.45) is 0. The number of hydrogen-bond donors (Lipinski definition) is 0. The summed E-state index contributed by atoms with van der Waals surface area (Å²) in [5, 5.41) is 13.8. The molecule has 0 bridgehead atoms. The third-order valence-corrected chi connectivity index (χ3v) is 4.45. The van der Waals surface area contributed by atoms with Gasteiger partial charge < -0.3 is 9.47 Å². The maximum Gasteiger partial charge on any atom is 0.235 e. The number of benzene rings is 2. The molecule has 0 N–H and O–H groups in total. The first-order valence-corrected chi connectivity index (χ1v) is 8.18.